The van der Waals surface area contributed by atoms with Crippen molar-refractivity contribution in [2.75, 3.05) is 6.54 Å². The number of nitrogens with two attached hydrogens (primary N) is 1. The van der Waals surface area contributed by atoms with Gasteiger partial charge in [0.05, 0.1) is 11.1 Å². The fourth-order valence-corrected chi connectivity index (χ4v) is 2.66. The van der Waals surface area contributed by atoms with Gasteiger partial charge in [-0.05, 0) is 24.6 Å². The Morgan fingerprint density at radius 3 is 2.94 bits per heavy atom. The SMILES string of the molecule is NCCc1c[nH]c2c(C3=[P+]([O-])O3)cccc12. The first-order valence-corrected chi connectivity index (χ1v) is 6.30. The number of hydrogen-bond donors (Lipinski definition) is 2. The zero-order chi connectivity index (χ0) is 11.1. The zero-order valence-electron chi connectivity index (χ0n) is 8.56. The molecule has 1 aliphatic rings. The van der Waals surface area contributed by atoms with Crippen LogP contribution in [0.25, 0.3) is 10.9 Å². The molecule has 0 aliphatic carbocycles. The molecule has 0 radical (unpaired) electrons. The Balaban J connectivity index is 2.17. The third-order valence-corrected chi connectivity index (χ3v) is 3.59. The maximum absolute atomic E-state index is 11.1. The number of benzene rings is 1. The summed E-state index contributed by atoms with van der Waals surface area (Å²) in [5.74, 6) is 0. The van der Waals surface area contributed by atoms with E-state index < -0.39 is 8.00 Å². The van der Waals surface area contributed by atoms with Gasteiger partial charge >= 0.3 is 5.48 Å². The zero-order valence-corrected chi connectivity index (χ0v) is 9.46. The number of para-hydroxylation sites is 1. The van der Waals surface area contributed by atoms with Gasteiger partial charge in [0.1, 0.15) is 0 Å². The molecule has 1 atom stereocenters. The van der Waals surface area contributed by atoms with Crippen molar-refractivity contribution in [1.82, 2.24) is 4.98 Å². The van der Waals surface area contributed by atoms with E-state index >= 15 is 0 Å². The van der Waals surface area contributed by atoms with Gasteiger partial charge in [0.25, 0.3) is 8.00 Å². The van der Waals surface area contributed by atoms with Gasteiger partial charge in [-0.3, -0.25) is 0 Å². The largest absolute Gasteiger partial charge is 0.600 e. The van der Waals surface area contributed by atoms with Crippen molar-refractivity contribution in [2.45, 2.75) is 6.42 Å². The Labute approximate surface area is 93.6 Å². The first-order valence-electron chi connectivity index (χ1n) is 5.13. The summed E-state index contributed by atoms with van der Waals surface area (Å²) in [7, 11) is -1.56. The van der Waals surface area contributed by atoms with Gasteiger partial charge in [0.15, 0.2) is 0 Å². The lowest BCUT2D eigenvalue weighted by molar-refractivity contribution is -0.159. The molecular formula is C11H11N2O2P. The molecule has 0 spiro atoms. The summed E-state index contributed by atoms with van der Waals surface area (Å²) in [6.45, 7) is 0.624. The summed E-state index contributed by atoms with van der Waals surface area (Å²) in [4.78, 5) is 14.3. The van der Waals surface area contributed by atoms with E-state index in [1.165, 1.54) is 5.56 Å². The lowest BCUT2D eigenvalue weighted by atomic mass is 10.1. The molecule has 0 bridgehead atoms. The van der Waals surface area contributed by atoms with Crippen LogP contribution in [0.3, 0.4) is 0 Å². The molecule has 82 valence electrons. The van der Waals surface area contributed by atoms with E-state index in [4.69, 9.17) is 10.3 Å². The van der Waals surface area contributed by atoms with Crippen molar-refractivity contribution in [3.63, 3.8) is 0 Å². The van der Waals surface area contributed by atoms with E-state index in [0.29, 0.717) is 12.0 Å². The van der Waals surface area contributed by atoms with Crippen molar-refractivity contribution in [3.05, 3.63) is 35.5 Å². The molecule has 0 saturated carbocycles. The Hall–Kier alpha value is -1.19. The summed E-state index contributed by atoms with van der Waals surface area (Å²) in [6.07, 6.45) is 2.79. The first-order chi connectivity index (χ1) is 7.81. The van der Waals surface area contributed by atoms with E-state index in [-0.39, 0.29) is 0 Å². The van der Waals surface area contributed by atoms with Gasteiger partial charge in [-0.25, -0.2) is 0 Å². The van der Waals surface area contributed by atoms with Gasteiger partial charge in [-0.1, -0.05) is 16.7 Å². The molecule has 3 rings (SSSR count). The molecule has 3 N–H and O–H groups in total. The number of aromatic nitrogens is 1. The molecule has 0 saturated heterocycles. The molecule has 4 nitrogen and oxygen atoms in total. The molecule has 0 fully saturated rings. The maximum atomic E-state index is 11.1. The first kappa shape index (κ1) is 10.00. The number of hydrogen-bond acceptors (Lipinski definition) is 3. The Bertz CT molecular complexity index is 589. The van der Waals surface area contributed by atoms with Crippen molar-refractivity contribution in [3.8, 4) is 0 Å². The van der Waals surface area contributed by atoms with E-state index in [9.17, 15) is 4.89 Å². The number of H-pyrrole nitrogens is 1. The topological polar surface area (TPSA) is 77.4 Å². The van der Waals surface area contributed by atoms with Crippen LogP contribution < -0.4 is 10.6 Å². The number of aromatic amines is 1. The monoisotopic (exact) mass is 234 g/mol. The van der Waals surface area contributed by atoms with Gasteiger partial charge in [-0.2, -0.15) is 0 Å². The second-order valence-corrected chi connectivity index (χ2v) is 4.84. The minimum Gasteiger partial charge on any atom is -0.600 e. The summed E-state index contributed by atoms with van der Waals surface area (Å²) < 4.78 is 4.96. The van der Waals surface area contributed by atoms with Crippen LogP contribution in [-0.2, 0) is 10.9 Å². The van der Waals surface area contributed by atoms with Crippen LogP contribution in [0.1, 0.15) is 11.1 Å². The number of nitrogens with one attached hydrogen (secondary N) is 1. The van der Waals surface area contributed by atoms with Gasteiger partial charge < -0.3 is 15.6 Å². The van der Waals surface area contributed by atoms with Crippen LogP contribution in [0.2, 0.25) is 0 Å². The lowest BCUT2D eigenvalue weighted by Gasteiger charge is -1.96. The fraction of sp³-hybridized carbons (Fsp3) is 0.182. The minimum absolute atomic E-state index is 0.599. The van der Waals surface area contributed by atoms with Gasteiger partial charge in [-0.15, -0.1) is 0 Å². The predicted octanol–water partition coefficient (Wildman–Crippen LogP) is 0.849. The highest BCUT2D eigenvalue weighted by molar-refractivity contribution is 7.56. The van der Waals surface area contributed by atoms with Crippen molar-refractivity contribution < 1.29 is 9.42 Å². The van der Waals surface area contributed by atoms with Gasteiger partial charge in [0.2, 0.25) is 0 Å². The third-order valence-electron chi connectivity index (χ3n) is 2.75. The molecule has 1 aromatic carbocycles. The highest BCUT2D eigenvalue weighted by Gasteiger charge is 2.36. The summed E-state index contributed by atoms with van der Waals surface area (Å²) in [6, 6.07) is 5.90. The minimum atomic E-state index is -1.56. The predicted molar refractivity (Wildman–Crippen MR) is 63.2 cm³/mol. The van der Waals surface area contributed by atoms with Crippen LogP contribution in [-0.4, -0.2) is 17.0 Å². The van der Waals surface area contributed by atoms with E-state index in [1.807, 2.05) is 24.4 Å². The van der Waals surface area contributed by atoms with Crippen molar-refractivity contribution in [2.24, 2.45) is 5.73 Å². The Morgan fingerprint density at radius 2 is 2.25 bits per heavy atom. The molecular weight excluding hydrogens is 223 g/mol. The normalized spacial score (nSPS) is 17.1. The quantitative estimate of drug-likeness (QED) is 0.773. The van der Waals surface area contributed by atoms with Crippen LogP contribution in [0.4, 0.5) is 0 Å². The molecule has 1 aliphatic heterocycles. The molecule has 5 heteroatoms. The highest BCUT2D eigenvalue weighted by atomic mass is 31.1. The third kappa shape index (κ3) is 1.47. The average Bonchev–Trinajstić information content (AvgIpc) is 2.86. The Morgan fingerprint density at radius 1 is 1.44 bits per heavy atom. The molecule has 16 heavy (non-hydrogen) atoms. The van der Waals surface area contributed by atoms with E-state index in [2.05, 4.69) is 4.98 Å². The summed E-state index contributed by atoms with van der Waals surface area (Å²) >= 11 is 0. The van der Waals surface area contributed by atoms with Crippen LogP contribution in [0.15, 0.2) is 24.4 Å². The number of fused-ring (bicyclic) bond motifs is 1. The Kier molecular flexibility index (Phi) is 2.30. The molecule has 1 aromatic heterocycles. The van der Waals surface area contributed by atoms with Crippen molar-refractivity contribution >= 4 is 24.4 Å². The summed E-state index contributed by atoms with van der Waals surface area (Å²) in [5, 5.41) is 1.13. The maximum Gasteiger partial charge on any atom is 0.335 e. The van der Waals surface area contributed by atoms with Crippen LogP contribution in [0, 0.1) is 0 Å². The molecule has 1 unspecified atom stereocenters. The van der Waals surface area contributed by atoms with E-state index in [0.717, 1.165) is 22.9 Å². The van der Waals surface area contributed by atoms with Crippen molar-refractivity contribution in [1.29, 1.82) is 0 Å². The lowest BCUT2D eigenvalue weighted by Crippen LogP contribution is -2.01. The van der Waals surface area contributed by atoms with Crippen LogP contribution in [0.5, 0.6) is 0 Å². The van der Waals surface area contributed by atoms with Crippen LogP contribution >= 0.6 is 8.00 Å². The average molecular weight is 234 g/mol. The fourth-order valence-electron chi connectivity index (χ4n) is 1.96. The second kappa shape index (κ2) is 3.68. The molecule has 2 heterocycles. The van der Waals surface area contributed by atoms with Gasteiger partial charge in [0, 0.05) is 11.6 Å². The highest BCUT2D eigenvalue weighted by Crippen LogP contribution is 2.39. The van der Waals surface area contributed by atoms with E-state index in [1.54, 1.807) is 0 Å². The molecule has 2 aromatic rings. The second-order valence-electron chi connectivity index (χ2n) is 3.73. The summed E-state index contributed by atoms with van der Waals surface area (Å²) in [5.41, 5.74) is 9.23. The number of rotatable bonds is 3. The standard InChI is InChI=1S/C11H11N2O2P/c12-5-4-7-6-13-10-8(7)2-1-3-9(10)11-15-16(11)14/h1-3,6,13H,4-5,12H2. The smallest absolute Gasteiger partial charge is 0.335 e. The molecule has 0 amide bonds.